The summed E-state index contributed by atoms with van der Waals surface area (Å²) in [5, 5.41) is 3.86. The van der Waals surface area contributed by atoms with Gasteiger partial charge in [0, 0.05) is 18.0 Å². The highest BCUT2D eigenvalue weighted by Gasteiger charge is 2.29. The molecule has 2 heterocycles. The molecule has 2 aromatic rings. The van der Waals surface area contributed by atoms with Crippen molar-refractivity contribution in [3.63, 3.8) is 0 Å². The zero-order valence-corrected chi connectivity index (χ0v) is 11.8. The van der Waals surface area contributed by atoms with Crippen molar-refractivity contribution in [1.29, 1.82) is 0 Å². The van der Waals surface area contributed by atoms with Gasteiger partial charge in [0.25, 0.3) is 0 Å². The van der Waals surface area contributed by atoms with Gasteiger partial charge >= 0.3 is 0 Å². The predicted molar refractivity (Wildman–Crippen MR) is 70.2 cm³/mol. The van der Waals surface area contributed by atoms with Gasteiger partial charge in [0.2, 0.25) is 5.91 Å². The number of carbonyl (C=O) groups excluding carboxylic acids is 1. The number of fused-ring (bicyclic) bond motifs is 1. The molecule has 0 saturated heterocycles. The molecule has 22 heavy (non-hydrogen) atoms. The van der Waals surface area contributed by atoms with Crippen LogP contribution in [-0.2, 0) is 24.2 Å². The maximum Gasteiger partial charge on any atom is 0.227 e. The predicted octanol–water partition coefficient (Wildman–Crippen LogP) is 2.61. The highest BCUT2D eigenvalue weighted by molar-refractivity contribution is 5.79. The minimum absolute atomic E-state index is 0.0970. The van der Waals surface area contributed by atoms with Crippen LogP contribution >= 0.6 is 0 Å². The molecule has 1 aliphatic rings. The lowest BCUT2D eigenvalue weighted by Crippen LogP contribution is -2.43. The molecule has 0 N–H and O–H groups in total. The molecular formula is C15H13F3N2O2. The summed E-state index contributed by atoms with van der Waals surface area (Å²) in [4.78, 5) is 13.9. The molecule has 0 unspecified atom stereocenters. The van der Waals surface area contributed by atoms with Crippen molar-refractivity contribution in [1.82, 2.24) is 10.1 Å². The molecule has 3 rings (SSSR count). The Bertz CT molecular complexity index is 706. The highest BCUT2D eigenvalue weighted by Crippen LogP contribution is 2.23. The van der Waals surface area contributed by atoms with Gasteiger partial charge in [-0.15, -0.1) is 0 Å². The normalized spacial score (nSPS) is 17.5. The second-order valence-electron chi connectivity index (χ2n) is 5.41. The minimum atomic E-state index is -1.53. The van der Waals surface area contributed by atoms with E-state index in [0.717, 1.165) is 23.4 Å². The van der Waals surface area contributed by atoms with Gasteiger partial charge in [-0.25, -0.2) is 13.2 Å². The van der Waals surface area contributed by atoms with Gasteiger partial charge in [-0.3, -0.25) is 4.79 Å². The van der Waals surface area contributed by atoms with Crippen molar-refractivity contribution in [2.24, 2.45) is 0 Å². The van der Waals surface area contributed by atoms with Crippen molar-refractivity contribution in [2.45, 2.75) is 32.4 Å². The van der Waals surface area contributed by atoms with Crippen LogP contribution in [0.5, 0.6) is 0 Å². The van der Waals surface area contributed by atoms with Crippen molar-refractivity contribution < 1.29 is 22.5 Å². The third-order valence-corrected chi connectivity index (χ3v) is 3.81. The minimum Gasteiger partial charge on any atom is -0.364 e. The summed E-state index contributed by atoms with van der Waals surface area (Å²) in [5.41, 5.74) is 1.74. The van der Waals surface area contributed by atoms with E-state index in [2.05, 4.69) is 5.16 Å². The third kappa shape index (κ3) is 2.58. The number of hydrogen-bond donors (Lipinski definition) is 0. The first-order valence-corrected chi connectivity index (χ1v) is 6.80. The van der Waals surface area contributed by atoms with Crippen LogP contribution in [0.3, 0.4) is 0 Å². The van der Waals surface area contributed by atoms with Crippen molar-refractivity contribution in [3.8, 4) is 0 Å². The summed E-state index contributed by atoms with van der Waals surface area (Å²) in [6.45, 7) is 2.20. The second kappa shape index (κ2) is 5.47. The fourth-order valence-corrected chi connectivity index (χ4v) is 2.63. The van der Waals surface area contributed by atoms with Gasteiger partial charge in [-0.1, -0.05) is 5.16 Å². The van der Waals surface area contributed by atoms with E-state index < -0.39 is 17.5 Å². The molecule has 0 spiro atoms. The first-order chi connectivity index (χ1) is 10.5. The van der Waals surface area contributed by atoms with Gasteiger partial charge < -0.3 is 9.42 Å². The molecule has 4 nitrogen and oxygen atoms in total. The number of hydrogen-bond acceptors (Lipinski definition) is 3. The number of amides is 1. The number of rotatable bonds is 2. The number of nitrogens with zero attached hydrogens (tertiary/aromatic N) is 2. The van der Waals surface area contributed by atoms with Crippen molar-refractivity contribution in [2.75, 3.05) is 0 Å². The summed E-state index contributed by atoms with van der Waals surface area (Å²) >= 11 is 0. The molecule has 0 aliphatic carbocycles. The van der Waals surface area contributed by atoms with Gasteiger partial charge in [0.15, 0.2) is 17.5 Å². The lowest BCUT2D eigenvalue weighted by Gasteiger charge is -2.32. The molecule has 0 saturated carbocycles. The zero-order valence-electron chi connectivity index (χ0n) is 11.8. The van der Waals surface area contributed by atoms with Crippen molar-refractivity contribution in [3.05, 3.63) is 52.7 Å². The van der Waals surface area contributed by atoms with E-state index in [0.29, 0.717) is 13.0 Å². The van der Waals surface area contributed by atoms with Crippen LogP contribution in [0, 0.1) is 17.5 Å². The summed E-state index contributed by atoms with van der Waals surface area (Å²) < 4.78 is 44.2. The first-order valence-electron chi connectivity index (χ1n) is 6.80. The Morgan fingerprint density at radius 1 is 1.36 bits per heavy atom. The zero-order chi connectivity index (χ0) is 15.9. The van der Waals surface area contributed by atoms with E-state index in [1.54, 1.807) is 4.90 Å². The number of carbonyl (C=O) groups is 1. The largest absolute Gasteiger partial charge is 0.364 e. The van der Waals surface area contributed by atoms with E-state index >= 15 is 0 Å². The van der Waals surface area contributed by atoms with Gasteiger partial charge in [-0.2, -0.15) is 0 Å². The molecule has 1 aromatic heterocycles. The molecule has 0 bridgehead atoms. The van der Waals surface area contributed by atoms with Crippen LogP contribution in [0.4, 0.5) is 13.2 Å². The lowest BCUT2D eigenvalue weighted by atomic mass is 10.0. The molecule has 0 radical (unpaired) electrons. The Kier molecular flexibility index (Phi) is 3.64. The number of halogens is 3. The van der Waals surface area contributed by atoms with Gasteiger partial charge in [0.1, 0.15) is 6.26 Å². The van der Waals surface area contributed by atoms with E-state index in [1.807, 2.05) is 6.92 Å². The Hall–Kier alpha value is -2.31. The maximum atomic E-state index is 13.2. The first kappa shape index (κ1) is 14.6. The highest BCUT2D eigenvalue weighted by atomic mass is 19.2. The summed E-state index contributed by atoms with van der Waals surface area (Å²) in [6, 6.07) is 1.59. The molecule has 7 heteroatoms. The van der Waals surface area contributed by atoms with E-state index in [1.165, 1.54) is 6.26 Å². The molecule has 1 amide bonds. The van der Waals surface area contributed by atoms with Crippen LogP contribution in [-0.4, -0.2) is 22.0 Å². The van der Waals surface area contributed by atoms with Gasteiger partial charge in [0.05, 0.1) is 18.7 Å². The van der Waals surface area contributed by atoms with Crippen LogP contribution < -0.4 is 0 Å². The quantitative estimate of drug-likeness (QED) is 0.801. The molecule has 1 aliphatic heterocycles. The Balaban J connectivity index is 1.78. The SMILES string of the molecule is C[C@H]1Cc2nocc2CN1C(=O)Cc1cc(F)c(F)c(F)c1. The lowest BCUT2D eigenvalue weighted by molar-refractivity contribution is -0.133. The molecule has 116 valence electrons. The summed E-state index contributed by atoms with van der Waals surface area (Å²) in [6.07, 6.45) is 1.85. The number of benzene rings is 1. The van der Waals surface area contributed by atoms with E-state index in [-0.39, 0.29) is 23.9 Å². The average Bonchev–Trinajstić information content (AvgIpc) is 2.90. The van der Waals surface area contributed by atoms with Crippen LogP contribution in [0.2, 0.25) is 0 Å². The number of aromatic nitrogens is 1. The van der Waals surface area contributed by atoms with Crippen LogP contribution in [0.15, 0.2) is 22.9 Å². The second-order valence-corrected chi connectivity index (χ2v) is 5.41. The van der Waals surface area contributed by atoms with Crippen LogP contribution in [0.1, 0.15) is 23.7 Å². The Morgan fingerprint density at radius 2 is 2.05 bits per heavy atom. The van der Waals surface area contributed by atoms with Gasteiger partial charge in [-0.05, 0) is 24.6 Å². The molecule has 1 atom stereocenters. The fourth-order valence-electron chi connectivity index (χ4n) is 2.63. The average molecular weight is 310 g/mol. The monoisotopic (exact) mass is 310 g/mol. The summed E-state index contributed by atoms with van der Waals surface area (Å²) in [5.74, 6) is -4.41. The molecule has 0 fully saturated rings. The van der Waals surface area contributed by atoms with Crippen molar-refractivity contribution >= 4 is 5.91 Å². The third-order valence-electron chi connectivity index (χ3n) is 3.81. The standard InChI is InChI=1S/C15H13F3N2O2/c1-8-2-13-10(7-22-19-13)6-20(8)14(21)5-9-3-11(16)15(18)12(17)4-9/h3-4,7-8H,2,5-6H2,1H3/t8-/m0/s1. The topological polar surface area (TPSA) is 46.3 Å². The Labute approximate surface area is 124 Å². The molecular weight excluding hydrogens is 297 g/mol. The van der Waals surface area contributed by atoms with E-state index in [4.69, 9.17) is 4.52 Å². The maximum absolute atomic E-state index is 13.2. The molecule has 1 aromatic carbocycles. The van der Waals surface area contributed by atoms with E-state index in [9.17, 15) is 18.0 Å². The van der Waals surface area contributed by atoms with Crippen LogP contribution in [0.25, 0.3) is 0 Å². The smallest absolute Gasteiger partial charge is 0.227 e. The summed E-state index contributed by atoms with van der Waals surface area (Å²) in [7, 11) is 0. The fraction of sp³-hybridized carbons (Fsp3) is 0.333. The Morgan fingerprint density at radius 3 is 2.73 bits per heavy atom.